The molecule has 0 spiro atoms. The van der Waals surface area contributed by atoms with Gasteiger partial charge in [0.05, 0.1) is 0 Å². The van der Waals surface area contributed by atoms with Crippen molar-refractivity contribution in [3.05, 3.63) is 76.4 Å². The largest absolute Gasteiger partial charge is 0.0836 e. The molecule has 0 nitrogen and oxygen atoms in total. The summed E-state index contributed by atoms with van der Waals surface area (Å²) in [5.41, 5.74) is 12.1. The summed E-state index contributed by atoms with van der Waals surface area (Å²) in [5, 5.41) is 0. The summed E-state index contributed by atoms with van der Waals surface area (Å²) in [7, 11) is 0. The van der Waals surface area contributed by atoms with Crippen molar-refractivity contribution in [2.75, 3.05) is 0 Å². The molecule has 0 aromatic heterocycles. The van der Waals surface area contributed by atoms with Crippen LogP contribution >= 0.6 is 0 Å². The molecule has 0 amide bonds. The minimum atomic E-state index is 1.10. The third-order valence-electron chi connectivity index (χ3n) is 4.99. The van der Waals surface area contributed by atoms with Crippen molar-refractivity contribution < 1.29 is 0 Å². The van der Waals surface area contributed by atoms with Gasteiger partial charge in [-0.05, 0) is 76.8 Å². The van der Waals surface area contributed by atoms with E-state index < -0.39 is 0 Å². The fraction of sp³-hybridized carbons (Fsp3) is 0.200. The second-order valence-electron chi connectivity index (χ2n) is 6.14. The van der Waals surface area contributed by atoms with Gasteiger partial charge in [-0.2, -0.15) is 0 Å². The lowest BCUT2D eigenvalue weighted by molar-refractivity contribution is 0.935. The summed E-state index contributed by atoms with van der Waals surface area (Å²) >= 11 is 0. The molecule has 0 N–H and O–H groups in total. The first-order valence-corrected chi connectivity index (χ1v) is 7.53. The van der Waals surface area contributed by atoms with Crippen molar-refractivity contribution in [1.82, 2.24) is 0 Å². The standard InChI is InChI=1S/C20H16/c1-3-7-17-13(5-1)9-15-11-20-16(12-19(15)17)10-14-6-2-4-8-18(14)20/h1,3-5,7-8,11-12H,2,6,9-10H2. The van der Waals surface area contributed by atoms with Crippen LogP contribution in [0, 0.1) is 0 Å². The first kappa shape index (κ1) is 10.7. The highest BCUT2D eigenvalue weighted by Crippen LogP contribution is 2.44. The molecule has 2 aromatic carbocycles. The van der Waals surface area contributed by atoms with Crippen LogP contribution in [0.4, 0.5) is 0 Å². The Bertz CT molecular complexity index is 803. The Morgan fingerprint density at radius 3 is 2.60 bits per heavy atom. The van der Waals surface area contributed by atoms with E-state index in [4.69, 9.17) is 0 Å². The third-order valence-corrected chi connectivity index (χ3v) is 4.99. The minimum Gasteiger partial charge on any atom is -0.0836 e. The molecule has 3 aliphatic rings. The zero-order valence-corrected chi connectivity index (χ0v) is 11.4. The molecular weight excluding hydrogens is 240 g/mol. The molecule has 0 aliphatic heterocycles. The van der Waals surface area contributed by atoms with Gasteiger partial charge in [-0.3, -0.25) is 0 Å². The number of allylic oxidation sites excluding steroid dienone is 4. The summed E-state index contributed by atoms with van der Waals surface area (Å²) in [5.74, 6) is 0. The van der Waals surface area contributed by atoms with E-state index in [-0.39, 0.29) is 0 Å². The van der Waals surface area contributed by atoms with Crippen LogP contribution in [-0.2, 0) is 12.8 Å². The van der Waals surface area contributed by atoms with E-state index in [0.29, 0.717) is 0 Å². The van der Waals surface area contributed by atoms with Gasteiger partial charge in [0.2, 0.25) is 0 Å². The Morgan fingerprint density at radius 1 is 0.750 bits per heavy atom. The molecule has 0 bridgehead atoms. The van der Waals surface area contributed by atoms with Gasteiger partial charge in [0, 0.05) is 0 Å². The predicted octanol–water partition coefficient (Wildman–Crippen LogP) is 4.92. The molecule has 0 heteroatoms. The first-order chi connectivity index (χ1) is 9.90. The van der Waals surface area contributed by atoms with E-state index in [9.17, 15) is 0 Å². The maximum atomic E-state index is 2.46. The fourth-order valence-corrected chi connectivity index (χ4v) is 4.03. The highest BCUT2D eigenvalue weighted by molar-refractivity contribution is 5.88. The fourth-order valence-electron chi connectivity index (χ4n) is 4.03. The Hall–Kier alpha value is -2.08. The van der Waals surface area contributed by atoms with E-state index in [2.05, 4.69) is 48.6 Å². The van der Waals surface area contributed by atoms with E-state index in [0.717, 1.165) is 6.42 Å². The molecule has 0 heterocycles. The van der Waals surface area contributed by atoms with Crippen LogP contribution in [0.5, 0.6) is 0 Å². The lowest BCUT2D eigenvalue weighted by atomic mass is 9.96. The minimum absolute atomic E-state index is 1.10. The Morgan fingerprint density at radius 2 is 1.60 bits per heavy atom. The van der Waals surface area contributed by atoms with Crippen molar-refractivity contribution in [3.8, 4) is 11.1 Å². The molecule has 2 aromatic rings. The number of benzene rings is 2. The van der Waals surface area contributed by atoms with Gasteiger partial charge in [0.25, 0.3) is 0 Å². The SMILES string of the molecule is C1=CC2=C(CC1)Cc1cc3c(cc12)Cc1ccccc1-3. The van der Waals surface area contributed by atoms with Crippen molar-refractivity contribution in [2.24, 2.45) is 0 Å². The van der Waals surface area contributed by atoms with Gasteiger partial charge in [-0.25, -0.2) is 0 Å². The average molecular weight is 256 g/mol. The maximum absolute atomic E-state index is 2.46. The van der Waals surface area contributed by atoms with Crippen molar-refractivity contribution >= 4 is 5.57 Å². The van der Waals surface area contributed by atoms with Crippen molar-refractivity contribution in [2.45, 2.75) is 25.7 Å². The normalized spacial score (nSPS) is 17.8. The lowest BCUT2D eigenvalue weighted by Crippen LogP contribution is -1.89. The quantitative estimate of drug-likeness (QED) is 0.535. The Balaban J connectivity index is 1.71. The molecule has 0 fully saturated rings. The topological polar surface area (TPSA) is 0 Å². The molecular formula is C20H16. The van der Waals surface area contributed by atoms with Gasteiger partial charge >= 0.3 is 0 Å². The molecule has 0 saturated carbocycles. The highest BCUT2D eigenvalue weighted by Gasteiger charge is 2.26. The molecule has 3 aliphatic carbocycles. The molecule has 5 rings (SSSR count). The van der Waals surface area contributed by atoms with E-state index in [1.54, 1.807) is 5.57 Å². The van der Waals surface area contributed by atoms with Crippen LogP contribution < -0.4 is 0 Å². The van der Waals surface area contributed by atoms with E-state index >= 15 is 0 Å². The summed E-state index contributed by atoms with van der Waals surface area (Å²) in [6.07, 6.45) is 9.42. The molecule has 20 heavy (non-hydrogen) atoms. The van der Waals surface area contributed by atoms with Gasteiger partial charge < -0.3 is 0 Å². The number of rotatable bonds is 0. The molecule has 0 unspecified atom stereocenters. The average Bonchev–Trinajstić information content (AvgIpc) is 3.02. The van der Waals surface area contributed by atoms with Gasteiger partial charge in [0.15, 0.2) is 0 Å². The van der Waals surface area contributed by atoms with Crippen LogP contribution in [0.25, 0.3) is 16.7 Å². The smallest absolute Gasteiger partial charge is 0.00132 e. The molecule has 0 radical (unpaired) electrons. The second kappa shape index (κ2) is 3.73. The Kier molecular flexibility index (Phi) is 1.99. The van der Waals surface area contributed by atoms with Crippen LogP contribution in [0.15, 0.2) is 54.1 Å². The van der Waals surface area contributed by atoms with Gasteiger partial charge in [0.1, 0.15) is 0 Å². The number of hydrogen-bond donors (Lipinski definition) is 0. The van der Waals surface area contributed by atoms with Crippen molar-refractivity contribution in [3.63, 3.8) is 0 Å². The second-order valence-corrected chi connectivity index (χ2v) is 6.14. The number of fused-ring (bicyclic) bond motifs is 5. The number of hydrogen-bond acceptors (Lipinski definition) is 0. The zero-order chi connectivity index (χ0) is 13.1. The third kappa shape index (κ3) is 1.31. The Labute approximate surface area is 119 Å². The lowest BCUT2D eigenvalue weighted by Gasteiger charge is -2.09. The van der Waals surface area contributed by atoms with E-state index in [1.165, 1.54) is 58.2 Å². The molecule has 0 atom stereocenters. The highest BCUT2D eigenvalue weighted by atomic mass is 14.3. The van der Waals surface area contributed by atoms with Crippen LogP contribution in [0.1, 0.15) is 35.1 Å². The maximum Gasteiger partial charge on any atom is -0.00132 e. The summed E-state index contributed by atoms with van der Waals surface area (Å²) in [6, 6.07) is 13.8. The molecule has 0 saturated heterocycles. The van der Waals surface area contributed by atoms with Crippen LogP contribution in [0.3, 0.4) is 0 Å². The summed E-state index contributed by atoms with van der Waals surface area (Å²) in [6.45, 7) is 0. The molecule has 96 valence electrons. The summed E-state index contributed by atoms with van der Waals surface area (Å²) < 4.78 is 0. The van der Waals surface area contributed by atoms with Crippen molar-refractivity contribution in [1.29, 1.82) is 0 Å². The monoisotopic (exact) mass is 256 g/mol. The van der Waals surface area contributed by atoms with Gasteiger partial charge in [-0.15, -0.1) is 0 Å². The van der Waals surface area contributed by atoms with Crippen LogP contribution in [0.2, 0.25) is 0 Å². The van der Waals surface area contributed by atoms with E-state index in [1.807, 2.05) is 0 Å². The first-order valence-electron chi connectivity index (χ1n) is 7.53. The summed E-state index contributed by atoms with van der Waals surface area (Å²) in [4.78, 5) is 0. The predicted molar refractivity (Wildman–Crippen MR) is 83.7 cm³/mol. The van der Waals surface area contributed by atoms with Crippen LogP contribution in [-0.4, -0.2) is 0 Å². The van der Waals surface area contributed by atoms with Gasteiger partial charge in [-0.1, -0.05) is 42.0 Å². The zero-order valence-electron chi connectivity index (χ0n) is 11.4.